The number of hydrogen-bond acceptors (Lipinski definition) is 6. The number of imide groups is 1. The van der Waals surface area contributed by atoms with Crippen LogP contribution in [0.2, 0.25) is 5.02 Å². The van der Waals surface area contributed by atoms with Gasteiger partial charge in [-0.3, -0.25) is 20.2 Å². The van der Waals surface area contributed by atoms with Gasteiger partial charge < -0.3 is 14.8 Å². The van der Waals surface area contributed by atoms with Gasteiger partial charge in [0.2, 0.25) is 5.91 Å². The van der Waals surface area contributed by atoms with E-state index in [0.717, 1.165) is 29.5 Å². The molecule has 0 heterocycles. The highest BCUT2D eigenvalue weighted by Gasteiger charge is 2.28. The van der Waals surface area contributed by atoms with E-state index in [9.17, 15) is 14.4 Å². The summed E-state index contributed by atoms with van der Waals surface area (Å²) < 4.78 is 11.8. The Morgan fingerprint density at radius 2 is 1.60 bits per heavy atom. The number of aryl methyl sites for hydroxylation is 1. The first-order valence-electron chi connectivity index (χ1n) is 17.9. The van der Waals surface area contributed by atoms with E-state index in [-0.39, 0.29) is 18.5 Å². The van der Waals surface area contributed by atoms with Crippen LogP contribution in [-0.4, -0.2) is 29.6 Å². The third-order valence-electron chi connectivity index (χ3n) is 9.06. The first-order valence-corrected chi connectivity index (χ1v) is 18.3. The lowest BCUT2D eigenvalue weighted by atomic mass is 9.93. The van der Waals surface area contributed by atoms with Gasteiger partial charge in [0.1, 0.15) is 17.1 Å². The van der Waals surface area contributed by atoms with Crippen molar-refractivity contribution in [3.05, 3.63) is 143 Å². The maximum atomic E-state index is 14.1. The van der Waals surface area contributed by atoms with Crippen molar-refractivity contribution in [3.8, 4) is 33.8 Å². The Kier molecular flexibility index (Phi) is 11.6. The molecule has 0 aliphatic heterocycles. The lowest BCUT2D eigenvalue weighted by Gasteiger charge is -2.22. The summed E-state index contributed by atoms with van der Waals surface area (Å²) in [4.78, 5) is 40.0. The highest BCUT2D eigenvalue weighted by atomic mass is 35.5. The van der Waals surface area contributed by atoms with Crippen LogP contribution in [0.5, 0.6) is 11.5 Å². The Hall–Kier alpha value is -5.44. The molecule has 5 aromatic rings. The summed E-state index contributed by atoms with van der Waals surface area (Å²) in [7, 11) is 0. The molecule has 6 rings (SSSR count). The van der Waals surface area contributed by atoms with Gasteiger partial charge in [0.05, 0.1) is 6.04 Å². The van der Waals surface area contributed by atoms with E-state index in [0.29, 0.717) is 39.6 Å². The Morgan fingerprint density at radius 1 is 0.830 bits per heavy atom. The van der Waals surface area contributed by atoms with E-state index in [4.69, 9.17) is 21.1 Å². The first kappa shape index (κ1) is 37.3. The number of alkyl carbamates (subject to hydrolysis) is 1. The lowest BCUT2D eigenvalue weighted by molar-refractivity contribution is -0.122. The summed E-state index contributed by atoms with van der Waals surface area (Å²) in [6.45, 7) is 7.58. The first-order chi connectivity index (χ1) is 25.5. The Morgan fingerprint density at radius 3 is 2.38 bits per heavy atom. The van der Waals surface area contributed by atoms with Crippen molar-refractivity contribution in [1.29, 1.82) is 0 Å². The summed E-state index contributed by atoms with van der Waals surface area (Å²) >= 11 is 6.52. The minimum atomic E-state index is -0.615. The van der Waals surface area contributed by atoms with Crippen LogP contribution in [0.3, 0.4) is 0 Å². The molecule has 53 heavy (non-hydrogen) atoms. The second-order valence-corrected chi connectivity index (χ2v) is 14.5. The highest BCUT2D eigenvalue weighted by Crippen LogP contribution is 2.39. The van der Waals surface area contributed by atoms with Crippen molar-refractivity contribution in [2.75, 3.05) is 0 Å². The number of amides is 3. The molecule has 9 heteroatoms. The molecular weight excluding hydrogens is 686 g/mol. The molecule has 1 unspecified atom stereocenters. The smallest absolute Gasteiger partial charge is 0.407 e. The molecule has 0 bridgehead atoms. The molecule has 0 radical (unpaired) electrons. The standard InChI is InChI=1S/C44H44ClN3O5/c1-5-38(47-39-23-19-30-15-9-10-17-34(30)39)42(50)48-41(49)36-21-18-31(29-13-7-6-8-14-29)25-37(36)35-22-20-32(45)26-40(35)52-33-16-11-12-28(24-33)27-46-43(51)53-44(2,3)4/h6-18,20-22,24-26,38-39,47H,5,19,23,27H2,1-4H3,(H,46,51)(H,48,49,50)/t38?,39-/m0/s1. The van der Waals surface area contributed by atoms with Crippen LogP contribution in [0.4, 0.5) is 4.79 Å². The average Bonchev–Trinajstić information content (AvgIpc) is 3.55. The molecule has 3 amide bonds. The topological polar surface area (TPSA) is 106 Å². The van der Waals surface area contributed by atoms with Gasteiger partial charge in [-0.05, 0) is 110 Å². The van der Waals surface area contributed by atoms with Crippen LogP contribution >= 0.6 is 11.6 Å². The third-order valence-corrected chi connectivity index (χ3v) is 9.30. The number of carbonyl (C=O) groups excluding carboxylic acids is 3. The summed E-state index contributed by atoms with van der Waals surface area (Å²) in [5.41, 5.74) is 5.98. The number of hydrogen-bond donors (Lipinski definition) is 3. The average molecular weight is 730 g/mol. The van der Waals surface area contributed by atoms with Gasteiger partial charge in [-0.2, -0.15) is 0 Å². The van der Waals surface area contributed by atoms with E-state index < -0.39 is 23.6 Å². The maximum Gasteiger partial charge on any atom is 0.407 e. The predicted molar refractivity (Wildman–Crippen MR) is 209 cm³/mol. The fourth-order valence-corrected chi connectivity index (χ4v) is 6.69. The third kappa shape index (κ3) is 9.52. The van der Waals surface area contributed by atoms with Gasteiger partial charge in [-0.25, -0.2) is 4.79 Å². The lowest BCUT2D eigenvalue weighted by Crippen LogP contribution is -2.47. The van der Waals surface area contributed by atoms with E-state index >= 15 is 0 Å². The minimum Gasteiger partial charge on any atom is -0.457 e. The maximum absolute atomic E-state index is 14.1. The fraction of sp³-hybridized carbons (Fsp3) is 0.250. The Bertz CT molecular complexity index is 2110. The molecule has 0 aromatic heterocycles. The minimum absolute atomic E-state index is 0.0399. The number of carbonyl (C=O) groups is 3. The normalized spacial score (nSPS) is 14.2. The van der Waals surface area contributed by atoms with E-state index in [1.807, 2.05) is 107 Å². The van der Waals surface area contributed by atoms with Gasteiger partial charge in [0.25, 0.3) is 5.91 Å². The van der Waals surface area contributed by atoms with Crippen LogP contribution < -0.4 is 20.7 Å². The van der Waals surface area contributed by atoms with Crippen molar-refractivity contribution in [2.45, 2.75) is 71.2 Å². The van der Waals surface area contributed by atoms with E-state index in [1.165, 1.54) is 11.1 Å². The number of halogens is 1. The number of fused-ring (bicyclic) bond motifs is 1. The summed E-state index contributed by atoms with van der Waals surface area (Å²) in [6, 6.07) is 35.7. The van der Waals surface area contributed by atoms with Gasteiger partial charge in [0.15, 0.2) is 0 Å². The van der Waals surface area contributed by atoms with Crippen LogP contribution in [0, 0.1) is 0 Å². The van der Waals surface area contributed by atoms with Crippen molar-refractivity contribution >= 4 is 29.5 Å². The molecule has 1 aliphatic carbocycles. The largest absolute Gasteiger partial charge is 0.457 e. The summed E-state index contributed by atoms with van der Waals surface area (Å²) in [5.74, 6) is 0.00763. The monoisotopic (exact) mass is 729 g/mol. The Balaban J connectivity index is 1.29. The number of rotatable bonds is 11. The van der Waals surface area contributed by atoms with Crippen molar-refractivity contribution in [1.82, 2.24) is 16.0 Å². The molecule has 0 saturated heterocycles. The molecule has 272 valence electrons. The van der Waals surface area contributed by atoms with Crippen molar-refractivity contribution in [2.24, 2.45) is 0 Å². The summed E-state index contributed by atoms with van der Waals surface area (Å²) in [6.07, 6.45) is 1.83. The van der Waals surface area contributed by atoms with Crippen LogP contribution in [-0.2, 0) is 22.5 Å². The van der Waals surface area contributed by atoms with E-state index in [2.05, 4.69) is 28.1 Å². The zero-order valence-corrected chi connectivity index (χ0v) is 31.1. The second-order valence-electron chi connectivity index (χ2n) is 14.1. The SMILES string of the molecule is CCC(N[C@H]1CCc2ccccc21)C(=O)NC(=O)c1ccc(-c2ccccc2)cc1-c1ccc(Cl)cc1Oc1cccc(CNC(=O)OC(C)(C)C)c1. The van der Waals surface area contributed by atoms with Gasteiger partial charge in [-0.15, -0.1) is 0 Å². The van der Waals surface area contributed by atoms with Crippen molar-refractivity contribution in [3.63, 3.8) is 0 Å². The molecule has 1 aliphatic rings. The molecule has 0 spiro atoms. The predicted octanol–water partition coefficient (Wildman–Crippen LogP) is 9.80. The van der Waals surface area contributed by atoms with Crippen LogP contribution in [0.15, 0.2) is 115 Å². The zero-order valence-electron chi connectivity index (χ0n) is 30.4. The molecular formula is C44H44ClN3O5. The van der Waals surface area contributed by atoms with E-state index in [1.54, 1.807) is 24.3 Å². The molecule has 0 saturated carbocycles. The van der Waals surface area contributed by atoms with Gasteiger partial charge in [0, 0.05) is 34.8 Å². The molecule has 3 N–H and O–H groups in total. The Labute approximate surface area is 315 Å². The molecule has 5 aromatic carbocycles. The fourth-order valence-electron chi connectivity index (χ4n) is 6.53. The highest BCUT2D eigenvalue weighted by molar-refractivity contribution is 6.30. The second kappa shape index (κ2) is 16.5. The quantitative estimate of drug-likeness (QED) is 0.125. The van der Waals surface area contributed by atoms with Gasteiger partial charge >= 0.3 is 6.09 Å². The molecule has 2 atom stereocenters. The molecule has 0 fully saturated rings. The number of ether oxygens (including phenoxy) is 2. The molecule has 8 nitrogen and oxygen atoms in total. The zero-order chi connectivity index (χ0) is 37.5. The van der Waals surface area contributed by atoms with Crippen molar-refractivity contribution < 1.29 is 23.9 Å². The van der Waals surface area contributed by atoms with Gasteiger partial charge in [-0.1, -0.05) is 91.3 Å². The number of benzene rings is 5. The number of nitrogens with one attached hydrogen (secondary N) is 3. The van der Waals surface area contributed by atoms with Crippen LogP contribution in [0.1, 0.15) is 73.6 Å². The van der Waals surface area contributed by atoms with Crippen LogP contribution in [0.25, 0.3) is 22.3 Å². The summed E-state index contributed by atoms with van der Waals surface area (Å²) in [5, 5.41) is 9.40.